The maximum atomic E-state index is 7.00. The Hall–Kier alpha value is -6.04. The predicted octanol–water partition coefficient (Wildman–Crippen LogP) is 13.3. The molecule has 7 aromatic carbocycles. The number of rotatable bonds is 3. The van der Waals surface area contributed by atoms with Gasteiger partial charge in [-0.05, 0) is 80.4 Å². The molecule has 2 aliphatic heterocycles. The average Bonchev–Trinajstić information content (AvgIpc) is 3.77. The molecule has 0 bridgehead atoms. The molecule has 11 rings (SSSR count). The van der Waals surface area contributed by atoms with Gasteiger partial charge in [-0.3, -0.25) is 0 Å². The molecule has 3 nitrogen and oxygen atoms in total. The van der Waals surface area contributed by atoms with Crippen LogP contribution in [0, 0.1) is 0 Å². The number of fused-ring (bicyclic) bond motifs is 9. The van der Waals surface area contributed by atoms with Crippen LogP contribution in [0.25, 0.3) is 54.3 Å². The molecule has 56 heavy (non-hydrogen) atoms. The molecule has 5 heteroatoms. The van der Waals surface area contributed by atoms with Crippen molar-refractivity contribution < 1.29 is 4.42 Å². The second kappa shape index (κ2) is 12.0. The maximum absolute atomic E-state index is 7.00. The summed E-state index contributed by atoms with van der Waals surface area (Å²) in [6.07, 6.45) is 0. The van der Waals surface area contributed by atoms with Gasteiger partial charge >= 0.3 is 0 Å². The summed E-state index contributed by atoms with van der Waals surface area (Å²) in [5, 5.41) is 8.64. The minimum Gasteiger partial charge on any atom is -0.455 e. The van der Waals surface area contributed by atoms with Gasteiger partial charge in [0.2, 0.25) is 0 Å². The highest BCUT2D eigenvalue weighted by Gasteiger charge is 2.38. The van der Waals surface area contributed by atoms with Crippen LogP contribution in [-0.4, -0.2) is 7.28 Å². The first kappa shape index (κ1) is 33.3. The quantitative estimate of drug-likeness (QED) is 0.183. The average molecular weight is 740 g/mol. The highest BCUT2D eigenvalue weighted by Crippen LogP contribution is 2.53. The summed E-state index contributed by atoms with van der Waals surface area (Å²) in [5.74, 6) is 0. The number of hydrogen-bond donors (Lipinski definition) is 1. The van der Waals surface area contributed by atoms with Gasteiger partial charge in [-0.2, -0.15) is 0 Å². The van der Waals surface area contributed by atoms with Crippen LogP contribution < -0.4 is 21.1 Å². The minimum absolute atomic E-state index is 0.0146. The lowest BCUT2D eigenvalue weighted by Gasteiger charge is -2.38. The van der Waals surface area contributed by atoms with Gasteiger partial charge in [0.25, 0.3) is 0 Å². The second-order valence-electron chi connectivity index (χ2n) is 16.8. The Balaban J connectivity index is 1.28. The van der Waals surface area contributed by atoms with Crippen LogP contribution in [0.1, 0.15) is 51.3 Å². The van der Waals surface area contributed by atoms with Crippen molar-refractivity contribution in [3.8, 4) is 22.3 Å². The molecule has 0 fully saturated rings. The number of benzene rings is 7. The number of thiophene rings is 1. The van der Waals surface area contributed by atoms with Crippen molar-refractivity contribution >= 4 is 89.3 Å². The highest BCUT2D eigenvalue weighted by molar-refractivity contribution is 7.25. The Morgan fingerprint density at radius 2 is 1.38 bits per heavy atom. The molecule has 269 valence electrons. The van der Waals surface area contributed by atoms with Crippen LogP contribution in [0.15, 0.2) is 150 Å². The zero-order valence-electron chi connectivity index (χ0n) is 32.2. The van der Waals surface area contributed by atoms with E-state index in [0.29, 0.717) is 0 Å². The first-order chi connectivity index (χ1) is 27.2. The third kappa shape index (κ3) is 4.83. The molecule has 0 unspecified atom stereocenters. The third-order valence-electron chi connectivity index (χ3n) is 12.1. The number of anilines is 5. The van der Waals surface area contributed by atoms with E-state index in [9.17, 15) is 0 Å². The van der Waals surface area contributed by atoms with Crippen LogP contribution in [0.3, 0.4) is 0 Å². The summed E-state index contributed by atoms with van der Waals surface area (Å²) in [5.41, 5.74) is 17.1. The van der Waals surface area contributed by atoms with Gasteiger partial charge in [-0.15, -0.1) is 11.3 Å². The van der Waals surface area contributed by atoms with Crippen LogP contribution in [0.2, 0.25) is 0 Å². The lowest BCUT2D eigenvalue weighted by Crippen LogP contribution is -2.40. The van der Waals surface area contributed by atoms with Gasteiger partial charge in [0.05, 0.1) is 16.4 Å². The molecule has 4 heterocycles. The molecule has 9 aromatic rings. The Kier molecular flexibility index (Phi) is 7.13. The standard InChI is InChI=1S/C51H40BN2OS/c1-50(2,3)31-26-27-40(35(28-31)30-16-7-6-8-17-30)54-41-29-36-32-18-9-13-24-42(32)55-48(36)44(46(41)52-45-33-19-10-14-25-43(33)56-49(45)54)34-20-15-22-38-47(34)53-39-23-12-11-21-37(39)51(38,4)5/h6-29,53H,1-5H3. The molecule has 0 saturated heterocycles. The van der Waals surface area contributed by atoms with Crippen LogP contribution >= 0.6 is 11.3 Å². The molecule has 1 N–H and O–H groups in total. The van der Waals surface area contributed by atoms with E-state index in [1.54, 1.807) is 0 Å². The summed E-state index contributed by atoms with van der Waals surface area (Å²) in [6.45, 7) is 11.6. The van der Waals surface area contributed by atoms with Crippen molar-refractivity contribution in [2.45, 2.75) is 45.4 Å². The molecule has 0 atom stereocenters. The van der Waals surface area contributed by atoms with Crippen molar-refractivity contribution in [2.24, 2.45) is 0 Å². The number of hydrogen-bond acceptors (Lipinski definition) is 4. The van der Waals surface area contributed by atoms with E-state index in [2.05, 4.69) is 198 Å². The zero-order valence-corrected chi connectivity index (χ0v) is 33.0. The largest absolute Gasteiger partial charge is 0.455 e. The molecule has 0 saturated carbocycles. The third-order valence-corrected chi connectivity index (χ3v) is 13.3. The minimum atomic E-state index is -0.207. The summed E-state index contributed by atoms with van der Waals surface area (Å²) >= 11 is 1.87. The molecule has 0 aliphatic carbocycles. The lowest BCUT2D eigenvalue weighted by molar-refractivity contribution is 0.590. The van der Waals surface area contributed by atoms with E-state index in [4.69, 9.17) is 4.42 Å². The number of para-hydroxylation sites is 3. The Bertz CT molecular complexity index is 3060. The summed E-state index contributed by atoms with van der Waals surface area (Å²) in [4.78, 5) is 2.55. The van der Waals surface area contributed by atoms with Crippen molar-refractivity contribution in [3.63, 3.8) is 0 Å². The molecule has 0 amide bonds. The van der Waals surface area contributed by atoms with Gasteiger partial charge in [0, 0.05) is 49.0 Å². The summed E-state index contributed by atoms with van der Waals surface area (Å²) in [7, 11) is 2.44. The molecule has 0 spiro atoms. The number of furan rings is 1. The van der Waals surface area contributed by atoms with Crippen molar-refractivity contribution in [2.75, 3.05) is 10.2 Å². The van der Waals surface area contributed by atoms with E-state index in [-0.39, 0.29) is 10.8 Å². The van der Waals surface area contributed by atoms with Gasteiger partial charge in [-0.25, -0.2) is 0 Å². The first-order valence-electron chi connectivity index (χ1n) is 19.5. The molecular formula is C51H40BN2OS. The Morgan fingerprint density at radius 3 is 2.21 bits per heavy atom. The van der Waals surface area contributed by atoms with Crippen LogP contribution in [0.5, 0.6) is 0 Å². The Morgan fingerprint density at radius 1 is 0.643 bits per heavy atom. The molecule has 1 radical (unpaired) electrons. The maximum Gasteiger partial charge on any atom is 0.200 e. The SMILES string of the molecule is CC(C)(C)c1ccc(N2c3cc4c(oc5ccccc54)c(-c4cccc5c4Nc4ccccc4C5(C)C)c3[B]c3c2sc2ccccc32)c(-c2ccccc2)c1. The first-order valence-corrected chi connectivity index (χ1v) is 20.3. The zero-order chi connectivity index (χ0) is 37.9. The van der Waals surface area contributed by atoms with E-state index in [0.717, 1.165) is 61.3 Å². The Labute approximate surface area is 332 Å². The predicted molar refractivity (Wildman–Crippen MR) is 240 cm³/mol. The van der Waals surface area contributed by atoms with Gasteiger partial charge < -0.3 is 14.6 Å². The van der Waals surface area contributed by atoms with E-state index in [1.165, 1.54) is 48.4 Å². The van der Waals surface area contributed by atoms with Crippen LogP contribution in [-0.2, 0) is 10.8 Å². The monoisotopic (exact) mass is 739 g/mol. The fraction of sp³-hybridized carbons (Fsp3) is 0.137. The van der Waals surface area contributed by atoms with Crippen LogP contribution in [0.4, 0.5) is 27.8 Å². The van der Waals surface area contributed by atoms with Crippen molar-refractivity contribution in [3.05, 3.63) is 162 Å². The summed E-state index contributed by atoms with van der Waals surface area (Å²) in [6, 6.07) is 53.2. The van der Waals surface area contributed by atoms with Gasteiger partial charge in [-0.1, -0.05) is 144 Å². The molecule has 2 aromatic heterocycles. The van der Waals surface area contributed by atoms with Crippen molar-refractivity contribution in [1.82, 2.24) is 0 Å². The highest BCUT2D eigenvalue weighted by atomic mass is 32.1. The molecular weight excluding hydrogens is 699 g/mol. The summed E-state index contributed by atoms with van der Waals surface area (Å²) < 4.78 is 8.27. The fourth-order valence-corrected chi connectivity index (χ4v) is 10.4. The molecule has 2 aliphatic rings. The lowest BCUT2D eigenvalue weighted by atomic mass is 9.58. The topological polar surface area (TPSA) is 28.4 Å². The number of nitrogens with one attached hydrogen (secondary N) is 1. The smallest absolute Gasteiger partial charge is 0.200 e. The fourth-order valence-electron chi connectivity index (χ4n) is 9.19. The van der Waals surface area contributed by atoms with E-state index >= 15 is 0 Å². The van der Waals surface area contributed by atoms with Gasteiger partial charge in [0.1, 0.15) is 11.2 Å². The number of nitrogens with zero attached hydrogens (tertiary/aromatic N) is 1. The van der Waals surface area contributed by atoms with E-state index in [1.807, 2.05) is 11.3 Å². The second-order valence-corrected chi connectivity index (χ2v) is 17.9. The normalized spacial score (nSPS) is 14.2. The van der Waals surface area contributed by atoms with Crippen molar-refractivity contribution in [1.29, 1.82) is 0 Å². The van der Waals surface area contributed by atoms with E-state index < -0.39 is 0 Å². The van der Waals surface area contributed by atoms with Gasteiger partial charge in [0.15, 0.2) is 7.28 Å².